The topological polar surface area (TPSA) is 76.6 Å². The van der Waals surface area contributed by atoms with Crippen LogP contribution in [0, 0.1) is 6.92 Å². The summed E-state index contributed by atoms with van der Waals surface area (Å²) in [6.07, 6.45) is 1.92. The highest BCUT2D eigenvalue weighted by Crippen LogP contribution is 2.19. The van der Waals surface area contributed by atoms with Gasteiger partial charge in [-0.25, -0.2) is 4.98 Å². The Morgan fingerprint density at radius 1 is 1.14 bits per heavy atom. The third-order valence-electron chi connectivity index (χ3n) is 4.23. The number of carbonyl (C=O) groups is 1. The number of hydrogen-bond donors (Lipinski definition) is 1. The first-order valence-corrected chi connectivity index (χ1v) is 10.3. The van der Waals surface area contributed by atoms with Crippen LogP contribution >= 0.6 is 11.5 Å². The number of rotatable bonds is 13. The Balaban J connectivity index is 1.90. The summed E-state index contributed by atoms with van der Waals surface area (Å²) >= 11 is 1.37. The van der Waals surface area contributed by atoms with Crippen LogP contribution in [0.15, 0.2) is 24.3 Å². The number of nitrogens with one attached hydrogen (secondary N) is 1. The molecule has 0 bridgehead atoms. The van der Waals surface area contributed by atoms with Crippen LogP contribution in [0.1, 0.15) is 29.8 Å². The molecule has 0 radical (unpaired) electrons. The lowest BCUT2D eigenvalue weighted by molar-refractivity contribution is -0.120. The molecule has 0 fully saturated rings. The third-order valence-corrected chi connectivity index (χ3v) is 5.05. The van der Waals surface area contributed by atoms with E-state index in [-0.39, 0.29) is 5.91 Å². The lowest BCUT2D eigenvalue weighted by atomic mass is 10.1. The van der Waals surface area contributed by atoms with E-state index in [9.17, 15) is 4.79 Å². The second kappa shape index (κ2) is 12.4. The van der Waals surface area contributed by atoms with Crippen LogP contribution in [0.4, 0.5) is 5.13 Å². The summed E-state index contributed by atoms with van der Waals surface area (Å²) in [6.45, 7) is 5.18. The fraction of sp³-hybridized carbons (Fsp3) is 0.550. The Bertz CT molecular complexity index is 706. The molecule has 1 aromatic heterocycles. The molecule has 0 aliphatic carbocycles. The van der Waals surface area contributed by atoms with Crippen LogP contribution in [-0.2, 0) is 20.7 Å². The zero-order valence-electron chi connectivity index (χ0n) is 16.9. The number of hydrogen-bond acceptors (Lipinski definition) is 7. The van der Waals surface area contributed by atoms with Crippen molar-refractivity contribution in [1.82, 2.24) is 14.7 Å². The first-order chi connectivity index (χ1) is 13.6. The van der Waals surface area contributed by atoms with Crippen molar-refractivity contribution in [1.29, 1.82) is 0 Å². The predicted octanol–water partition coefficient (Wildman–Crippen LogP) is 2.43. The van der Waals surface area contributed by atoms with Gasteiger partial charge >= 0.3 is 0 Å². The first-order valence-electron chi connectivity index (χ1n) is 9.50. The normalized spacial score (nSPS) is 10.8. The molecule has 0 atom stereocenters. The maximum absolute atomic E-state index is 12.0. The molecule has 2 aromatic rings. The largest absolute Gasteiger partial charge is 0.385 e. The molecule has 0 spiro atoms. The molecule has 1 amide bonds. The van der Waals surface area contributed by atoms with Crippen LogP contribution in [-0.4, -0.2) is 62.3 Å². The molecule has 1 heterocycles. The van der Waals surface area contributed by atoms with Crippen molar-refractivity contribution in [2.45, 2.75) is 26.2 Å². The number of aromatic nitrogens is 2. The number of aryl methyl sites for hydroxylation is 1. The molecule has 0 aliphatic heterocycles. The van der Waals surface area contributed by atoms with Crippen LogP contribution in [0.3, 0.4) is 0 Å². The highest BCUT2D eigenvalue weighted by molar-refractivity contribution is 7.09. The SMILES string of the molecule is COCCCNC(=O)CCN(CCOC)c1nc(Cc2ccc(C)cc2)ns1. The van der Waals surface area contributed by atoms with Crippen LogP contribution in [0.5, 0.6) is 0 Å². The van der Waals surface area contributed by atoms with E-state index in [1.807, 2.05) is 0 Å². The van der Waals surface area contributed by atoms with Gasteiger partial charge in [-0.2, -0.15) is 4.37 Å². The minimum absolute atomic E-state index is 0.0305. The van der Waals surface area contributed by atoms with Gasteiger partial charge in [-0.1, -0.05) is 29.8 Å². The van der Waals surface area contributed by atoms with Gasteiger partial charge in [0.15, 0.2) is 0 Å². The van der Waals surface area contributed by atoms with Crippen molar-refractivity contribution in [3.63, 3.8) is 0 Å². The van der Waals surface area contributed by atoms with Gasteiger partial charge in [0, 0.05) is 64.8 Å². The van der Waals surface area contributed by atoms with Crippen molar-refractivity contribution in [3.05, 3.63) is 41.2 Å². The van der Waals surface area contributed by atoms with E-state index in [1.165, 1.54) is 22.7 Å². The molecule has 154 valence electrons. The molecule has 0 saturated heterocycles. The Hall–Kier alpha value is -2.03. The summed E-state index contributed by atoms with van der Waals surface area (Å²) in [7, 11) is 3.33. The quantitative estimate of drug-likeness (QED) is 0.515. The summed E-state index contributed by atoms with van der Waals surface area (Å²) in [6, 6.07) is 8.40. The minimum atomic E-state index is 0.0305. The molecular formula is C20H30N4O3S. The van der Waals surface area contributed by atoms with Gasteiger partial charge in [0.25, 0.3) is 0 Å². The highest BCUT2D eigenvalue weighted by atomic mass is 32.1. The molecule has 8 heteroatoms. The number of carbonyl (C=O) groups excluding carboxylic acids is 1. The highest BCUT2D eigenvalue weighted by Gasteiger charge is 2.14. The molecule has 0 aliphatic rings. The van der Waals surface area contributed by atoms with Crippen molar-refractivity contribution in [3.8, 4) is 0 Å². The monoisotopic (exact) mass is 406 g/mol. The molecule has 1 aromatic carbocycles. The van der Waals surface area contributed by atoms with E-state index in [0.29, 0.717) is 45.7 Å². The van der Waals surface area contributed by atoms with Gasteiger partial charge in [0.1, 0.15) is 5.82 Å². The van der Waals surface area contributed by atoms with Crippen LogP contribution in [0.2, 0.25) is 0 Å². The lowest BCUT2D eigenvalue weighted by Crippen LogP contribution is -2.33. The average Bonchev–Trinajstić information content (AvgIpc) is 3.15. The Morgan fingerprint density at radius 3 is 2.61 bits per heavy atom. The molecular weight excluding hydrogens is 376 g/mol. The number of ether oxygens (including phenoxy) is 2. The standard InChI is InChI=1S/C20H30N4O3S/c1-16-5-7-17(8-6-16)15-18-22-20(28-23-18)24(12-14-27-3)11-9-19(25)21-10-4-13-26-2/h5-8H,4,9-15H2,1-3H3,(H,21,25). The van der Waals surface area contributed by atoms with Gasteiger partial charge < -0.3 is 19.7 Å². The van der Waals surface area contributed by atoms with E-state index >= 15 is 0 Å². The first kappa shape index (κ1) is 22.3. The molecule has 0 unspecified atom stereocenters. The van der Waals surface area contributed by atoms with E-state index in [2.05, 4.69) is 50.8 Å². The number of benzene rings is 1. The van der Waals surface area contributed by atoms with E-state index in [4.69, 9.17) is 9.47 Å². The summed E-state index contributed by atoms with van der Waals surface area (Å²) in [4.78, 5) is 18.8. The molecule has 0 saturated carbocycles. The summed E-state index contributed by atoms with van der Waals surface area (Å²) < 4.78 is 14.7. The second-order valence-electron chi connectivity index (χ2n) is 6.58. The van der Waals surface area contributed by atoms with Gasteiger partial charge in [-0.3, -0.25) is 4.79 Å². The maximum atomic E-state index is 12.0. The zero-order valence-corrected chi connectivity index (χ0v) is 17.8. The van der Waals surface area contributed by atoms with Gasteiger partial charge in [0.2, 0.25) is 11.0 Å². The lowest BCUT2D eigenvalue weighted by Gasteiger charge is -2.20. The fourth-order valence-electron chi connectivity index (χ4n) is 2.61. The third kappa shape index (κ3) is 7.92. The summed E-state index contributed by atoms with van der Waals surface area (Å²) in [5.41, 5.74) is 2.43. The van der Waals surface area contributed by atoms with E-state index < -0.39 is 0 Å². The number of anilines is 1. The molecule has 28 heavy (non-hydrogen) atoms. The van der Waals surface area contributed by atoms with Crippen molar-refractivity contribution < 1.29 is 14.3 Å². The second-order valence-corrected chi connectivity index (χ2v) is 7.31. The predicted molar refractivity (Wildman–Crippen MR) is 112 cm³/mol. The van der Waals surface area contributed by atoms with Crippen LogP contribution < -0.4 is 10.2 Å². The Morgan fingerprint density at radius 2 is 1.89 bits per heavy atom. The molecule has 2 rings (SSSR count). The fourth-order valence-corrected chi connectivity index (χ4v) is 3.34. The Kier molecular flexibility index (Phi) is 9.88. The summed E-state index contributed by atoms with van der Waals surface area (Å²) in [5, 5.41) is 3.74. The van der Waals surface area contributed by atoms with Gasteiger partial charge in [-0.15, -0.1) is 0 Å². The smallest absolute Gasteiger partial charge is 0.221 e. The van der Waals surface area contributed by atoms with Gasteiger partial charge in [0.05, 0.1) is 6.61 Å². The average molecular weight is 407 g/mol. The molecule has 1 N–H and O–H groups in total. The van der Waals surface area contributed by atoms with E-state index in [1.54, 1.807) is 14.2 Å². The number of amides is 1. The van der Waals surface area contributed by atoms with Gasteiger partial charge in [-0.05, 0) is 18.9 Å². The Labute approximate surface area is 171 Å². The molecule has 7 nitrogen and oxygen atoms in total. The maximum Gasteiger partial charge on any atom is 0.221 e. The van der Waals surface area contributed by atoms with Crippen molar-refractivity contribution in [2.75, 3.05) is 52.0 Å². The zero-order chi connectivity index (χ0) is 20.2. The van der Waals surface area contributed by atoms with E-state index in [0.717, 1.165) is 17.4 Å². The minimum Gasteiger partial charge on any atom is -0.385 e. The van der Waals surface area contributed by atoms with Crippen LogP contribution in [0.25, 0.3) is 0 Å². The number of nitrogens with zero attached hydrogens (tertiary/aromatic N) is 3. The van der Waals surface area contributed by atoms with Crippen molar-refractivity contribution >= 4 is 22.6 Å². The summed E-state index contributed by atoms with van der Waals surface area (Å²) in [5.74, 6) is 0.832. The van der Waals surface area contributed by atoms with Crippen molar-refractivity contribution in [2.24, 2.45) is 0 Å². The number of methoxy groups -OCH3 is 2.